The number of aryl methyl sites for hydroxylation is 1. The van der Waals surface area contributed by atoms with Crippen molar-refractivity contribution in [1.82, 2.24) is 9.78 Å². The lowest BCUT2D eigenvalue weighted by Crippen LogP contribution is -1.86. The van der Waals surface area contributed by atoms with Crippen LogP contribution >= 0.6 is 0 Å². The van der Waals surface area contributed by atoms with Gasteiger partial charge in [0.25, 0.3) is 0 Å². The van der Waals surface area contributed by atoms with E-state index in [-0.39, 0.29) is 0 Å². The standard InChI is InChI=1S/C7H8N2.C3H8/c1-3-4-7-5-6-9(2)8-7;1-3-2/h5-6H,1-2H3;3H2,1-2H3. The van der Waals surface area contributed by atoms with Crippen molar-refractivity contribution >= 4 is 0 Å². The van der Waals surface area contributed by atoms with Crippen molar-refractivity contribution < 1.29 is 0 Å². The van der Waals surface area contributed by atoms with Crippen LogP contribution in [0.25, 0.3) is 0 Å². The van der Waals surface area contributed by atoms with E-state index in [1.54, 1.807) is 11.6 Å². The average Bonchev–Trinajstić information content (AvgIpc) is 2.38. The molecule has 0 atom stereocenters. The van der Waals surface area contributed by atoms with Gasteiger partial charge in [-0.3, -0.25) is 4.68 Å². The fourth-order valence-electron chi connectivity index (χ4n) is 0.610. The zero-order valence-electron chi connectivity index (χ0n) is 8.26. The third kappa shape index (κ3) is 4.56. The van der Waals surface area contributed by atoms with Crippen LogP contribution in [-0.4, -0.2) is 9.78 Å². The zero-order chi connectivity index (χ0) is 9.40. The van der Waals surface area contributed by atoms with Crippen LogP contribution in [0.2, 0.25) is 0 Å². The van der Waals surface area contributed by atoms with Gasteiger partial charge in [-0.2, -0.15) is 5.10 Å². The van der Waals surface area contributed by atoms with E-state index in [9.17, 15) is 0 Å². The zero-order valence-corrected chi connectivity index (χ0v) is 8.26. The summed E-state index contributed by atoms with van der Waals surface area (Å²) in [7, 11) is 1.88. The summed E-state index contributed by atoms with van der Waals surface area (Å²) in [4.78, 5) is 0. The Morgan fingerprint density at radius 3 is 2.42 bits per heavy atom. The van der Waals surface area contributed by atoms with Crippen LogP contribution in [0.1, 0.15) is 32.9 Å². The first-order valence-electron chi connectivity index (χ1n) is 4.17. The topological polar surface area (TPSA) is 17.8 Å². The minimum atomic E-state index is 0.833. The van der Waals surface area contributed by atoms with Crippen LogP contribution < -0.4 is 0 Å². The van der Waals surface area contributed by atoms with Gasteiger partial charge < -0.3 is 0 Å². The second kappa shape index (κ2) is 6.48. The first-order chi connectivity index (χ1) is 5.74. The molecule has 0 N–H and O–H groups in total. The van der Waals surface area contributed by atoms with Crippen molar-refractivity contribution in [3.05, 3.63) is 18.0 Å². The molecule has 1 rings (SSSR count). The SMILES string of the molecule is CC#Cc1ccn(C)n1.CCC. The van der Waals surface area contributed by atoms with Crippen molar-refractivity contribution in [1.29, 1.82) is 0 Å². The van der Waals surface area contributed by atoms with E-state index in [0.29, 0.717) is 0 Å². The fourth-order valence-corrected chi connectivity index (χ4v) is 0.610. The molecule has 0 amide bonds. The third-order valence-corrected chi connectivity index (χ3v) is 0.967. The summed E-state index contributed by atoms with van der Waals surface area (Å²) in [6.45, 7) is 6.05. The molecular formula is C10H16N2. The molecule has 1 aromatic heterocycles. The van der Waals surface area contributed by atoms with Crippen molar-refractivity contribution in [2.75, 3.05) is 0 Å². The summed E-state index contributed by atoms with van der Waals surface area (Å²) in [6, 6.07) is 1.89. The highest BCUT2D eigenvalue weighted by molar-refractivity contribution is 5.24. The van der Waals surface area contributed by atoms with Gasteiger partial charge in [0.15, 0.2) is 0 Å². The van der Waals surface area contributed by atoms with Gasteiger partial charge >= 0.3 is 0 Å². The molecule has 12 heavy (non-hydrogen) atoms. The Morgan fingerprint density at radius 2 is 2.08 bits per heavy atom. The van der Waals surface area contributed by atoms with Gasteiger partial charge in [-0.25, -0.2) is 0 Å². The molecule has 1 heterocycles. The molecular weight excluding hydrogens is 148 g/mol. The fraction of sp³-hybridized carbons (Fsp3) is 0.500. The Balaban J connectivity index is 0.000000354. The van der Waals surface area contributed by atoms with E-state index in [4.69, 9.17) is 0 Å². The van der Waals surface area contributed by atoms with Crippen LogP contribution in [0, 0.1) is 11.8 Å². The molecule has 0 spiro atoms. The largest absolute Gasteiger partial charge is 0.275 e. The first-order valence-corrected chi connectivity index (χ1v) is 4.17. The van der Waals surface area contributed by atoms with Gasteiger partial charge in [-0.05, 0) is 18.9 Å². The Labute approximate surface area is 74.6 Å². The van der Waals surface area contributed by atoms with Gasteiger partial charge in [-0.15, -0.1) is 0 Å². The lowest BCUT2D eigenvalue weighted by Gasteiger charge is -1.80. The van der Waals surface area contributed by atoms with Crippen molar-refractivity contribution in [3.63, 3.8) is 0 Å². The molecule has 0 saturated heterocycles. The molecule has 2 nitrogen and oxygen atoms in total. The number of hydrogen-bond donors (Lipinski definition) is 0. The minimum absolute atomic E-state index is 0.833. The van der Waals surface area contributed by atoms with E-state index < -0.39 is 0 Å². The van der Waals surface area contributed by atoms with Crippen LogP contribution in [-0.2, 0) is 7.05 Å². The Hall–Kier alpha value is -1.23. The first kappa shape index (κ1) is 10.8. The van der Waals surface area contributed by atoms with E-state index in [1.807, 2.05) is 19.3 Å². The van der Waals surface area contributed by atoms with E-state index in [1.165, 1.54) is 6.42 Å². The third-order valence-electron chi connectivity index (χ3n) is 0.967. The predicted octanol–water partition coefficient (Wildman–Crippen LogP) is 2.21. The molecule has 66 valence electrons. The van der Waals surface area contributed by atoms with Crippen LogP contribution in [0.5, 0.6) is 0 Å². The van der Waals surface area contributed by atoms with E-state index >= 15 is 0 Å². The highest BCUT2D eigenvalue weighted by Gasteiger charge is 1.86. The second-order valence-electron chi connectivity index (χ2n) is 2.46. The number of rotatable bonds is 0. The molecule has 0 fully saturated rings. The molecule has 2 heteroatoms. The van der Waals surface area contributed by atoms with Gasteiger partial charge in [0.2, 0.25) is 0 Å². The Morgan fingerprint density at radius 1 is 1.50 bits per heavy atom. The molecule has 0 radical (unpaired) electrons. The average molecular weight is 164 g/mol. The highest BCUT2D eigenvalue weighted by Crippen LogP contribution is 1.88. The molecule has 0 unspecified atom stereocenters. The maximum Gasteiger partial charge on any atom is 0.135 e. The van der Waals surface area contributed by atoms with Gasteiger partial charge in [-0.1, -0.05) is 26.2 Å². The number of hydrogen-bond acceptors (Lipinski definition) is 1. The van der Waals surface area contributed by atoms with E-state index in [0.717, 1.165) is 5.69 Å². The second-order valence-corrected chi connectivity index (χ2v) is 2.46. The van der Waals surface area contributed by atoms with Crippen molar-refractivity contribution in [2.45, 2.75) is 27.2 Å². The van der Waals surface area contributed by atoms with Gasteiger partial charge in [0.1, 0.15) is 5.69 Å². The Kier molecular flexibility index (Phi) is 5.81. The lowest BCUT2D eigenvalue weighted by molar-refractivity contribution is 0.764. The molecule has 0 aliphatic heterocycles. The van der Waals surface area contributed by atoms with E-state index in [2.05, 4.69) is 30.8 Å². The monoisotopic (exact) mass is 164 g/mol. The highest BCUT2D eigenvalue weighted by atomic mass is 15.2. The van der Waals surface area contributed by atoms with Gasteiger partial charge in [0, 0.05) is 13.2 Å². The maximum atomic E-state index is 4.04. The normalized spacial score (nSPS) is 7.67. The van der Waals surface area contributed by atoms with Crippen molar-refractivity contribution in [3.8, 4) is 11.8 Å². The minimum Gasteiger partial charge on any atom is -0.275 e. The van der Waals surface area contributed by atoms with Crippen LogP contribution in [0.15, 0.2) is 12.3 Å². The lowest BCUT2D eigenvalue weighted by atomic mass is 10.4. The van der Waals surface area contributed by atoms with Crippen molar-refractivity contribution in [2.24, 2.45) is 7.05 Å². The van der Waals surface area contributed by atoms with Gasteiger partial charge in [0.05, 0.1) is 0 Å². The molecule has 0 aliphatic carbocycles. The maximum absolute atomic E-state index is 4.04. The number of aromatic nitrogens is 2. The molecule has 0 bridgehead atoms. The molecule has 0 aliphatic rings. The predicted molar refractivity (Wildman–Crippen MR) is 51.7 cm³/mol. The quantitative estimate of drug-likeness (QED) is 0.537. The van der Waals surface area contributed by atoms with Crippen LogP contribution in [0.3, 0.4) is 0 Å². The summed E-state index contributed by atoms with van der Waals surface area (Å²) in [5.74, 6) is 5.62. The molecule has 0 aromatic carbocycles. The summed E-state index contributed by atoms with van der Waals surface area (Å²) < 4.78 is 1.74. The summed E-state index contributed by atoms with van der Waals surface area (Å²) in [5.41, 5.74) is 0.833. The summed E-state index contributed by atoms with van der Waals surface area (Å²) >= 11 is 0. The summed E-state index contributed by atoms with van der Waals surface area (Å²) in [5, 5.41) is 4.04. The Bertz CT molecular complexity index is 263. The smallest absolute Gasteiger partial charge is 0.135 e. The molecule has 0 saturated carbocycles. The summed E-state index contributed by atoms with van der Waals surface area (Å²) in [6.07, 6.45) is 3.12. The van der Waals surface area contributed by atoms with Crippen LogP contribution in [0.4, 0.5) is 0 Å². The molecule has 1 aromatic rings. The number of nitrogens with zero attached hydrogens (tertiary/aromatic N) is 2.